The summed E-state index contributed by atoms with van der Waals surface area (Å²) in [6, 6.07) is -2.58. The van der Waals surface area contributed by atoms with E-state index in [2.05, 4.69) is 0 Å². The van der Waals surface area contributed by atoms with Crippen LogP contribution < -0.4 is 17.2 Å². The number of rotatable bonds is 9. The molecular formula is C13H26N4O9. The first kappa shape index (κ1) is 28.1. The number of nitrogens with zero attached hydrogens (tertiary/aromatic N) is 1. The van der Waals surface area contributed by atoms with Crippen molar-refractivity contribution in [2.45, 2.75) is 31.3 Å². The van der Waals surface area contributed by atoms with Crippen LogP contribution in [0.1, 0.15) is 19.3 Å². The number of nitrogens with two attached hydrogens (primary N) is 3. The first-order chi connectivity index (χ1) is 11.7. The molecule has 2 atom stereocenters. The molecule has 0 spiro atoms. The molecule has 0 aliphatic heterocycles. The average molecular weight is 382 g/mol. The van der Waals surface area contributed by atoms with Gasteiger partial charge in [-0.3, -0.25) is 24.0 Å². The fourth-order valence-electron chi connectivity index (χ4n) is 0.885. The second kappa shape index (κ2) is 15.7. The standard InChI is InChI=1S/C5H12N2O.2C4H7NO4/c1-7(2)4-3-5(6)8;2*5-2(4(8)9)1-3(6)7/h3-4H2,1-2H3,(H2,6,8);2*2H,1,5H2,(H,6,7)(H,8,9)/t;2*2-/m.00/s1. The molecule has 0 bridgehead atoms. The van der Waals surface area contributed by atoms with Gasteiger partial charge in [-0.1, -0.05) is 0 Å². The second-order valence-electron chi connectivity index (χ2n) is 5.10. The molecule has 0 saturated heterocycles. The van der Waals surface area contributed by atoms with E-state index in [1.165, 1.54) is 0 Å². The van der Waals surface area contributed by atoms with Gasteiger partial charge in [0.25, 0.3) is 0 Å². The van der Waals surface area contributed by atoms with E-state index >= 15 is 0 Å². The van der Waals surface area contributed by atoms with Gasteiger partial charge in [0.1, 0.15) is 12.1 Å². The molecule has 0 rings (SSSR count). The minimum absolute atomic E-state index is 0.237. The molecule has 0 fully saturated rings. The average Bonchev–Trinajstić information content (AvgIpc) is 2.44. The molecule has 26 heavy (non-hydrogen) atoms. The Kier molecular flexibility index (Phi) is 17.0. The zero-order valence-electron chi connectivity index (χ0n) is 14.5. The Morgan fingerprint density at radius 3 is 1.19 bits per heavy atom. The lowest BCUT2D eigenvalue weighted by Crippen LogP contribution is -2.32. The zero-order valence-corrected chi connectivity index (χ0v) is 14.5. The van der Waals surface area contributed by atoms with Gasteiger partial charge >= 0.3 is 23.9 Å². The predicted octanol–water partition coefficient (Wildman–Crippen LogP) is -2.83. The van der Waals surface area contributed by atoms with Crippen LogP contribution in [0.15, 0.2) is 0 Å². The maximum atomic E-state index is 10.1. The lowest BCUT2D eigenvalue weighted by molar-refractivity contribution is -0.144. The summed E-state index contributed by atoms with van der Waals surface area (Å²) in [5.74, 6) is -5.23. The number of carbonyl (C=O) groups excluding carboxylic acids is 1. The van der Waals surface area contributed by atoms with Crippen LogP contribution >= 0.6 is 0 Å². The highest BCUT2D eigenvalue weighted by Crippen LogP contribution is 1.86. The van der Waals surface area contributed by atoms with Crippen LogP contribution in [0.3, 0.4) is 0 Å². The van der Waals surface area contributed by atoms with E-state index in [0.717, 1.165) is 6.54 Å². The summed E-state index contributed by atoms with van der Waals surface area (Å²) in [4.78, 5) is 51.3. The number of carboxylic acid groups (broad SMARTS) is 4. The van der Waals surface area contributed by atoms with Crippen molar-refractivity contribution in [3.05, 3.63) is 0 Å². The maximum Gasteiger partial charge on any atom is 0.321 e. The van der Waals surface area contributed by atoms with Crippen LogP contribution in [-0.4, -0.2) is 87.8 Å². The molecular weight excluding hydrogens is 356 g/mol. The third kappa shape index (κ3) is 26.1. The molecule has 13 heteroatoms. The smallest absolute Gasteiger partial charge is 0.321 e. The molecule has 0 radical (unpaired) electrons. The molecule has 0 aliphatic carbocycles. The molecule has 0 aliphatic rings. The summed E-state index contributed by atoms with van der Waals surface area (Å²) in [5, 5.41) is 32.1. The minimum atomic E-state index is -1.29. The van der Waals surface area contributed by atoms with Gasteiger partial charge in [-0.05, 0) is 14.1 Å². The summed E-state index contributed by atoms with van der Waals surface area (Å²) < 4.78 is 0. The number of primary amides is 1. The SMILES string of the molecule is CN(C)CCC(N)=O.N[C@@H](CC(=O)O)C(=O)O.N[C@@H](CC(=O)O)C(=O)O. The minimum Gasteiger partial charge on any atom is -0.481 e. The lowest BCUT2D eigenvalue weighted by Gasteiger charge is -2.05. The Hall–Kier alpha value is -2.77. The van der Waals surface area contributed by atoms with Crippen molar-refractivity contribution in [1.82, 2.24) is 4.90 Å². The normalized spacial score (nSPS) is 11.7. The highest BCUT2D eigenvalue weighted by molar-refractivity contribution is 5.80. The number of carbonyl (C=O) groups is 5. The van der Waals surface area contributed by atoms with Crippen LogP contribution in [-0.2, 0) is 24.0 Å². The predicted molar refractivity (Wildman–Crippen MR) is 88.1 cm³/mol. The Balaban J connectivity index is -0.000000306. The van der Waals surface area contributed by atoms with Crippen LogP contribution in [0, 0.1) is 0 Å². The Morgan fingerprint density at radius 2 is 1.12 bits per heavy atom. The van der Waals surface area contributed by atoms with Crippen molar-refractivity contribution in [1.29, 1.82) is 0 Å². The zero-order chi connectivity index (χ0) is 21.4. The van der Waals surface area contributed by atoms with E-state index in [4.69, 9.17) is 37.6 Å². The summed E-state index contributed by atoms with van der Waals surface area (Å²) in [6.07, 6.45) is -0.613. The van der Waals surface area contributed by atoms with Gasteiger partial charge in [0.2, 0.25) is 5.91 Å². The Bertz CT molecular complexity index is 450. The van der Waals surface area contributed by atoms with Gasteiger partial charge in [0.15, 0.2) is 0 Å². The quantitative estimate of drug-likeness (QED) is 0.213. The van der Waals surface area contributed by atoms with E-state index in [1.54, 1.807) is 0 Å². The molecule has 0 unspecified atom stereocenters. The molecule has 13 nitrogen and oxygen atoms in total. The summed E-state index contributed by atoms with van der Waals surface area (Å²) in [6.45, 7) is 0.745. The van der Waals surface area contributed by atoms with Crippen molar-refractivity contribution in [2.75, 3.05) is 20.6 Å². The molecule has 0 aromatic carbocycles. The largest absolute Gasteiger partial charge is 0.481 e. The van der Waals surface area contributed by atoms with Gasteiger partial charge in [-0.25, -0.2) is 0 Å². The summed E-state index contributed by atoms with van der Waals surface area (Å²) in [7, 11) is 3.81. The van der Waals surface area contributed by atoms with Gasteiger partial charge in [-0.15, -0.1) is 0 Å². The van der Waals surface area contributed by atoms with Crippen LogP contribution in [0.2, 0.25) is 0 Å². The maximum absolute atomic E-state index is 10.1. The highest BCUT2D eigenvalue weighted by atomic mass is 16.4. The third-order valence-corrected chi connectivity index (χ3v) is 2.23. The molecule has 0 aromatic rings. The fraction of sp³-hybridized carbons (Fsp3) is 0.615. The van der Waals surface area contributed by atoms with Crippen molar-refractivity contribution < 1.29 is 44.4 Å². The molecule has 0 aromatic heterocycles. The number of amides is 1. The van der Waals surface area contributed by atoms with Crippen molar-refractivity contribution in [3.63, 3.8) is 0 Å². The number of aliphatic carboxylic acids is 4. The van der Waals surface area contributed by atoms with Crippen LogP contribution in [0.25, 0.3) is 0 Å². The van der Waals surface area contributed by atoms with Crippen molar-refractivity contribution >= 4 is 29.8 Å². The van der Waals surface area contributed by atoms with E-state index in [9.17, 15) is 24.0 Å². The van der Waals surface area contributed by atoms with E-state index in [1.807, 2.05) is 19.0 Å². The molecule has 152 valence electrons. The third-order valence-electron chi connectivity index (χ3n) is 2.23. The highest BCUT2D eigenvalue weighted by Gasteiger charge is 2.15. The van der Waals surface area contributed by atoms with E-state index in [0.29, 0.717) is 6.42 Å². The fourth-order valence-corrected chi connectivity index (χ4v) is 0.885. The van der Waals surface area contributed by atoms with Crippen LogP contribution in [0.4, 0.5) is 0 Å². The monoisotopic (exact) mass is 382 g/mol. The summed E-state index contributed by atoms with van der Waals surface area (Å²) >= 11 is 0. The first-order valence-electron chi connectivity index (χ1n) is 7.04. The number of hydrogen-bond donors (Lipinski definition) is 7. The second-order valence-corrected chi connectivity index (χ2v) is 5.10. The number of hydrogen-bond acceptors (Lipinski definition) is 8. The van der Waals surface area contributed by atoms with Crippen molar-refractivity contribution in [2.24, 2.45) is 17.2 Å². The lowest BCUT2D eigenvalue weighted by atomic mass is 10.2. The van der Waals surface area contributed by atoms with Gasteiger partial charge in [0.05, 0.1) is 12.8 Å². The van der Waals surface area contributed by atoms with Gasteiger partial charge in [0, 0.05) is 13.0 Å². The molecule has 0 heterocycles. The van der Waals surface area contributed by atoms with E-state index in [-0.39, 0.29) is 5.91 Å². The van der Waals surface area contributed by atoms with E-state index < -0.39 is 48.8 Å². The summed E-state index contributed by atoms with van der Waals surface area (Å²) in [5.41, 5.74) is 14.5. The Morgan fingerprint density at radius 1 is 0.808 bits per heavy atom. The first-order valence-corrected chi connectivity index (χ1v) is 7.04. The van der Waals surface area contributed by atoms with Crippen LogP contribution in [0.5, 0.6) is 0 Å². The molecule has 1 amide bonds. The molecule has 0 saturated carbocycles. The number of carboxylic acids is 4. The van der Waals surface area contributed by atoms with Gasteiger partial charge in [-0.2, -0.15) is 0 Å². The topological polar surface area (TPSA) is 248 Å². The Labute approximate surface area is 149 Å². The van der Waals surface area contributed by atoms with Crippen molar-refractivity contribution in [3.8, 4) is 0 Å². The van der Waals surface area contributed by atoms with Gasteiger partial charge < -0.3 is 42.5 Å². The molecule has 10 N–H and O–H groups in total.